The van der Waals surface area contributed by atoms with E-state index < -0.39 is 40.7 Å². The van der Waals surface area contributed by atoms with Crippen LogP contribution in [0.15, 0.2) is 29.6 Å². The molecule has 0 saturated carbocycles. The number of methoxy groups -OCH3 is 2. The molecule has 1 aromatic heterocycles. The molecule has 2 aromatic rings. The fourth-order valence-electron chi connectivity index (χ4n) is 2.35. The van der Waals surface area contributed by atoms with Gasteiger partial charge in [-0.25, -0.2) is 9.59 Å². The summed E-state index contributed by atoms with van der Waals surface area (Å²) in [6.45, 7) is -0.486. The van der Waals surface area contributed by atoms with Crippen molar-refractivity contribution < 1.29 is 33.5 Å². The molecule has 0 fully saturated rings. The molecule has 1 aromatic carbocycles. The SMILES string of the molecule is COc1cc(C(=O)OCC(=O)NC(=O)NCCc2cccs2)c([N+](=O)[O-])cc1OC. The summed E-state index contributed by atoms with van der Waals surface area (Å²) in [6.07, 6.45) is 0.608. The second-order valence-electron chi connectivity index (χ2n) is 5.69. The molecule has 2 N–H and O–H groups in total. The zero-order valence-electron chi connectivity index (χ0n) is 16.1. The minimum absolute atomic E-state index is 0.0534. The van der Waals surface area contributed by atoms with Gasteiger partial charge in [0.15, 0.2) is 18.1 Å². The number of nitro groups is 1. The van der Waals surface area contributed by atoms with Crippen LogP contribution in [0.3, 0.4) is 0 Å². The number of rotatable bonds is 9. The minimum Gasteiger partial charge on any atom is -0.493 e. The molecule has 2 rings (SSSR count). The van der Waals surface area contributed by atoms with Gasteiger partial charge in [-0.1, -0.05) is 6.07 Å². The largest absolute Gasteiger partial charge is 0.493 e. The van der Waals surface area contributed by atoms with E-state index in [0.29, 0.717) is 13.0 Å². The lowest BCUT2D eigenvalue weighted by molar-refractivity contribution is -0.385. The highest BCUT2D eigenvalue weighted by Crippen LogP contribution is 2.34. The van der Waals surface area contributed by atoms with Crippen LogP contribution in [-0.2, 0) is 16.0 Å². The van der Waals surface area contributed by atoms with Crippen molar-refractivity contribution in [1.29, 1.82) is 0 Å². The van der Waals surface area contributed by atoms with Crippen molar-refractivity contribution in [3.05, 3.63) is 50.2 Å². The Balaban J connectivity index is 1.90. The van der Waals surface area contributed by atoms with Crippen LogP contribution in [0.4, 0.5) is 10.5 Å². The van der Waals surface area contributed by atoms with Gasteiger partial charge in [0.25, 0.3) is 11.6 Å². The molecule has 3 amide bonds. The lowest BCUT2D eigenvalue weighted by Gasteiger charge is -2.10. The number of nitrogens with zero attached hydrogens (tertiary/aromatic N) is 1. The molecule has 0 radical (unpaired) electrons. The smallest absolute Gasteiger partial charge is 0.345 e. The van der Waals surface area contributed by atoms with Crippen molar-refractivity contribution >= 4 is 34.9 Å². The van der Waals surface area contributed by atoms with Crippen LogP contribution in [-0.4, -0.2) is 50.2 Å². The van der Waals surface area contributed by atoms with Crippen LogP contribution in [0.2, 0.25) is 0 Å². The topological polar surface area (TPSA) is 146 Å². The van der Waals surface area contributed by atoms with E-state index in [-0.39, 0.29) is 11.5 Å². The number of carbonyl (C=O) groups excluding carboxylic acids is 3. The Morgan fingerprint density at radius 1 is 1.17 bits per heavy atom. The van der Waals surface area contributed by atoms with Crippen molar-refractivity contribution in [1.82, 2.24) is 10.6 Å². The van der Waals surface area contributed by atoms with Gasteiger partial charge in [0.1, 0.15) is 5.56 Å². The Morgan fingerprint density at radius 2 is 1.87 bits per heavy atom. The van der Waals surface area contributed by atoms with Crippen molar-refractivity contribution in [3.63, 3.8) is 0 Å². The summed E-state index contributed by atoms with van der Waals surface area (Å²) in [5, 5.41) is 17.6. The number of benzene rings is 1. The van der Waals surface area contributed by atoms with Gasteiger partial charge in [-0.05, 0) is 17.9 Å². The number of thiophene rings is 1. The number of carbonyl (C=O) groups is 3. The highest BCUT2D eigenvalue weighted by Gasteiger charge is 2.26. The van der Waals surface area contributed by atoms with Crippen molar-refractivity contribution in [2.24, 2.45) is 0 Å². The normalized spacial score (nSPS) is 10.1. The average molecular weight is 437 g/mol. The highest BCUT2D eigenvalue weighted by atomic mass is 32.1. The van der Waals surface area contributed by atoms with Crippen LogP contribution in [0, 0.1) is 10.1 Å². The molecule has 0 aliphatic carbocycles. The predicted molar refractivity (Wildman–Crippen MR) is 106 cm³/mol. The lowest BCUT2D eigenvalue weighted by atomic mass is 10.1. The summed E-state index contributed by atoms with van der Waals surface area (Å²) >= 11 is 1.54. The Hall–Kier alpha value is -3.67. The van der Waals surface area contributed by atoms with Crippen LogP contribution in [0.1, 0.15) is 15.2 Å². The third-order valence-electron chi connectivity index (χ3n) is 3.74. The molecule has 30 heavy (non-hydrogen) atoms. The molecule has 0 saturated heterocycles. The van der Waals surface area contributed by atoms with Crippen LogP contribution < -0.4 is 20.1 Å². The predicted octanol–water partition coefficient (Wildman–Crippen LogP) is 1.90. The van der Waals surface area contributed by atoms with Gasteiger partial charge < -0.3 is 19.5 Å². The van der Waals surface area contributed by atoms with Crippen molar-refractivity contribution in [2.45, 2.75) is 6.42 Å². The van der Waals surface area contributed by atoms with Crippen LogP contribution >= 0.6 is 11.3 Å². The number of hydrogen-bond donors (Lipinski definition) is 2. The Kier molecular flexibility index (Phi) is 8.11. The summed E-state index contributed by atoms with van der Waals surface area (Å²) in [4.78, 5) is 47.2. The molecular weight excluding hydrogens is 418 g/mol. The maximum atomic E-state index is 12.2. The number of esters is 1. The third kappa shape index (κ3) is 6.17. The zero-order chi connectivity index (χ0) is 22.1. The van der Waals surface area contributed by atoms with Crippen LogP contribution in [0.25, 0.3) is 0 Å². The van der Waals surface area contributed by atoms with E-state index in [1.165, 1.54) is 14.2 Å². The third-order valence-corrected chi connectivity index (χ3v) is 4.68. The Labute approximate surface area is 175 Å². The van der Waals surface area contributed by atoms with E-state index in [1.54, 1.807) is 11.3 Å². The van der Waals surface area contributed by atoms with E-state index in [9.17, 15) is 24.5 Å². The number of nitrogens with one attached hydrogen (secondary N) is 2. The van der Waals surface area contributed by atoms with E-state index in [4.69, 9.17) is 14.2 Å². The van der Waals surface area contributed by atoms with Crippen molar-refractivity contribution in [2.75, 3.05) is 27.4 Å². The molecule has 0 aliphatic rings. The molecule has 11 nitrogen and oxygen atoms in total. The van der Waals surface area contributed by atoms with Gasteiger partial charge in [0.2, 0.25) is 0 Å². The molecule has 0 aliphatic heterocycles. The monoisotopic (exact) mass is 437 g/mol. The highest BCUT2D eigenvalue weighted by molar-refractivity contribution is 7.09. The zero-order valence-corrected chi connectivity index (χ0v) is 16.9. The summed E-state index contributed by atoms with van der Waals surface area (Å²) < 4.78 is 14.8. The summed E-state index contributed by atoms with van der Waals surface area (Å²) in [6, 6.07) is 5.15. The van der Waals surface area contributed by atoms with Crippen molar-refractivity contribution in [3.8, 4) is 11.5 Å². The molecule has 0 bridgehead atoms. The molecule has 0 spiro atoms. The minimum atomic E-state index is -1.13. The summed E-state index contributed by atoms with van der Waals surface area (Å²) in [5.41, 5.74) is -1.00. The molecule has 1 heterocycles. The van der Waals surface area contributed by atoms with Gasteiger partial charge in [-0.15, -0.1) is 11.3 Å². The number of urea groups is 1. The quantitative estimate of drug-likeness (QED) is 0.344. The fourth-order valence-corrected chi connectivity index (χ4v) is 3.06. The average Bonchev–Trinajstić information content (AvgIpc) is 3.24. The Morgan fingerprint density at radius 3 is 2.47 bits per heavy atom. The number of imide groups is 1. The molecular formula is C18H19N3O8S. The van der Waals surface area contributed by atoms with Gasteiger partial charge in [-0.3, -0.25) is 20.2 Å². The maximum Gasteiger partial charge on any atom is 0.345 e. The second kappa shape index (κ2) is 10.8. The maximum absolute atomic E-state index is 12.2. The number of nitro benzene ring substituents is 1. The van der Waals surface area contributed by atoms with Gasteiger partial charge in [0.05, 0.1) is 25.2 Å². The standard InChI is InChI=1S/C18H19N3O8S/c1-27-14-8-12(13(21(25)26)9-15(14)28-2)17(23)29-10-16(22)20-18(24)19-6-5-11-4-3-7-30-11/h3-4,7-9H,5-6,10H2,1-2H3,(H2,19,20,22,24). The van der Waals surface area contributed by atoms with Crippen LogP contribution in [0.5, 0.6) is 11.5 Å². The fraction of sp³-hybridized carbons (Fsp3) is 0.278. The summed E-state index contributed by atoms with van der Waals surface area (Å²) in [7, 11) is 2.58. The first-order valence-electron chi connectivity index (χ1n) is 8.53. The first kappa shape index (κ1) is 22.6. The van der Waals surface area contributed by atoms with Gasteiger partial charge >= 0.3 is 12.0 Å². The van der Waals surface area contributed by atoms with E-state index in [2.05, 4.69) is 5.32 Å². The summed E-state index contributed by atoms with van der Waals surface area (Å²) in [5.74, 6) is -1.89. The molecule has 0 unspecified atom stereocenters. The lowest BCUT2D eigenvalue weighted by Crippen LogP contribution is -2.42. The van der Waals surface area contributed by atoms with Gasteiger partial charge in [-0.2, -0.15) is 0 Å². The Bertz CT molecular complexity index is 930. The molecule has 12 heteroatoms. The van der Waals surface area contributed by atoms with E-state index in [1.807, 2.05) is 22.8 Å². The first-order chi connectivity index (χ1) is 14.3. The second-order valence-corrected chi connectivity index (χ2v) is 6.72. The van der Waals surface area contributed by atoms with Gasteiger partial charge in [0, 0.05) is 17.5 Å². The van der Waals surface area contributed by atoms with E-state index >= 15 is 0 Å². The number of amides is 3. The number of ether oxygens (including phenoxy) is 3. The molecule has 160 valence electrons. The number of hydrogen-bond acceptors (Lipinski definition) is 9. The van der Waals surface area contributed by atoms with E-state index in [0.717, 1.165) is 17.0 Å². The molecule has 0 atom stereocenters. The first-order valence-corrected chi connectivity index (χ1v) is 9.41.